The Morgan fingerprint density at radius 3 is 0.916 bits per heavy atom. The van der Waals surface area contributed by atoms with Crippen molar-refractivity contribution in [3.8, 4) is 80.5 Å². The molecular weight excluding hydrogens is 1380 g/mol. The maximum atomic E-state index is 16.2. The van der Waals surface area contributed by atoms with Gasteiger partial charge < -0.3 is 72.5 Å². The zero-order valence-electron chi connectivity index (χ0n) is 58.0. The van der Waals surface area contributed by atoms with Gasteiger partial charge in [0.15, 0.2) is 25.2 Å². The van der Waals surface area contributed by atoms with Gasteiger partial charge >= 0.3 is 0 Å². The van der Waals surface area contributed by atoms with E-state index in [4.69, 9.17) is 52.1 Å². The second-order valence-electron chi connectivity index (χ2n) is 25.9. The lowest BCUT2D eigenvalue weighted by molar-refractivity contribution is -0.106. The lowest BCUT2D eigenvalue weighted by Crippen LogP contribution is -2.59. The van der Waals surface area contributed by atoms with Gasteiger partial charge in [0.1, 0.15) is 115 Å². The molecule has 4 unspecified atom stereocenters. The summed E-state index contributed by atoms with van der Waals surface area (Å²) in [6, 6.07) is 48.0. The number of ether oxygens (including phenoxy) is 11. The third-order valence-electron chi connectivity index (χ3n) is 18.9. The van der Waals surface area contributed by atoms with E-state index in [0.717, 1.165) is 134 Å². The van der Waals surface area contributed by atoms with E-state index in [1.165, 1.54) is 91.0 Å². The van der Waals surface area contributed by atoms with Gasteiger partial charge in [-0.05, 0) is 173 Å². The summed E-state index contributed by atoms with van der Waals surface area (Å²) in [7, 11) is 10.0. The second-order valence-corrected chi connectivity index (χ2v) is 25.9. The summed E-state index contributed by atoms with van der Waals surface area (Å²) >= 11 is 0. The van der Waals surface area contributed by atoms with Crippen molar-refractivity contribution in [2.75, 3.05) is 26.4 Å². The lowest BCUT2D eigenvalue weighted by atomic mass is 9.34. The molecule has 4 atom stereocenters. The standard InChI is InChI=1S/C33H36BF3O6.C18H13BF2O4.C18H9BO3.C11H13FO2.B3/c35-22-10-7-13-25(41-28-16-1-4-19-38-28)31(22)34(32-23(36)11-8-14-26(32)42-29-17-2-5-20-39-29)33-24(37)12-9-15-27(33)43-30-18-3-6-21-40-30;20-10-4-1-6-12(22)16(10)19(17-11(21)5-2-7-13(17)23)18-14(24)8-3-9-15(18)25;1-4-10-16-11(5-1)21-13-7-3-9-15-18(13)19(16)17-12(20-10)6-2-8-14(17)22-15;12-9-4-3-5-10(8-9)14-11-6-1-2-7-13-11;1-3-2/h7-15,28-30H,1-6,16-21H2;1-9,22-25H;1-9H;3-5,8,11H,1-2,6-7H2;. The minimum Gasteiger partial charge on any atom is -0.508 e. The first-order valence-electron chi connectivity index (χ1n) is 35.5. The van der Waals surface area contributed by atoms with Gasteiger partial charge in [0.2, 0.25) is 0 Å². The minimum absolute atomic E-state index is 0.0456. The van der Waals surface area contributed by atoms with Crippen LogP contribution in [0.15, 0.2) is 188 Å². The molecule has 15 nitrogen and oxygen atoms in total. The molecule has 4 saturated heterocycles. The third kappa shape index (κ3) is 17.1. The summed E-state index contributed by atoms with van der Waals surface area (Å²) in [6.07, 6.45) is 8.22. The molecule has 0 aliphatic carbocycles. The Kier molecular flexibility index (Phi) is 24.6. The number of benzene rings is 10. The molecule has 4 N–H and O–H groups in total. The van der Waals surface area contributed by atoms with Crippen LogP contribution in [0.5, 0.6) is 80.5 Å². The van der Waals surface area contributed by atoms with E-state index in [0.29, 0.717) is 44.8 Å². The zero-order valence-corrected chi connectivity index (χ0v) is 58.0. The average Bonchev–Trinajstić information content (AvgIpc) is 0.707. The van der Waals surface area contributed by atoms with Gasteiger partial charge in [-0.3, -0.25) is 0 Å². The highest BCUT2D eigenvalue weighted by Gasteiger charge is 2.47. The van der Waals surface area contributed by atoms with Crippen molar-refractivity contribution in [1.29, 1.82) is 0 Å². The first-order chi connectivity index (χ1) is 52.2. The Balaban J connectivity index is 0.000000134. The Bertz CT molecular complexity index is 4200. The van der Waals surface area contributed by atoms with Gasteiger partial charge in [-0.25, -0.2) is 26.3 Å². The van der Waals surface area contributed by atoms with Gasteiger partial charge in [-0.1, -0.05) is 60.7 Å². The predicted octanol–water partition coefficient (Wildman–Crippen LogP) is 10.7. The summed E-state index contributed by atoms with van der Waals surface area (Å²) in [4.78, 5) is 0. The van der Waals surface area contributed by atoms with Crippen molar-refractivity contribution in [3.05, 3.63) is 223 Å². The van der Waals surface area contributed by atoms with Crippen LogP contribution in [0.2, 0.25) is 0 Å². The van der Waals surface area contributed by atoms with Crippen LogP contribution in [-0.2, 0) is 18.9 Å². The van der Waals surface area contributed by atoms with Crippen LogP contribution in [0.1, 0.15) is 77.0 Å². The molecule has 7 aliphatic heterocycles. The van der Waals surface area contributed by atoms with Crippen LogP contribution >= 0.6 is 0 Å². The Morgan fingerprint density at radius 2 is 0.607 bits per heavy atom. The molecule has 0 amide bonds. The maximum Gasteiger partial charge on any atom is 0.270 e. The van der Waals surface area contributed by atoms with E-state index < -0.39 is 84.4 Å². The highest BCUT2D eigenvalue weighted by atomic mass is 19.1. The number of phenolic OH excluding ortho intramolecular Hbond substituents is 4. The molecule has 107 heavy (non-hydrogen) atoms. The van der Waals surface area contributed by atoms with Crippen LogP contribution in [0.3, 0.4) is 0 Å². The number of hydrogen-bond acceptors (Lipinski definition) is 15. The molecule has 7 heterocycles. The first kappa shape index (κ1) is 75.1. The molecule has 7 aliphatic rings. The summed E-state index contributed by atoms with van der Waals surface area (Å²) in [5.74, 6) is 0.155. The fraction of sp³-hybridized carbons (Fsp3) is 0.250. The van der Waals surface area contributed by atoms with E-state index >= 15 is 13.2 Å². The summed E-state index contributed by atoms with van der Waals surface area (Å²) in [6.45, 7) is -0.420. The monoisotopic (exact) mass is 1450 g/mol. The summed E-state index contributed by atoms with van der Waals surface area (Å²) < 4.78 is 155. The SMILES string of the molecule is Fc1cccc(OC2CCCCO2)c1.Fc1cccc(OC2CCCCO2)c1B(c1c(F)cccc1OC1CCCCO1)c1c(F)cccc1OC1CCCCO1.Oc1cccc(O)c1B(c1c(O)cccc1F)c1c(O)cccc1F.[B][B][B].c1cc2c3c(c1)Oc1cccc4c1B3c1c(cccc1O4)O2. The Hall–Kier alpha value is -10.2. The average molecular weight is 1450 g/mol. The van der Waals surface area contributed by atoms with Gasteiger partial charge in [0, 0.05) is 103 Å². The molecule has 27 heteroatoms. The maximum absolute atomic E-state index is 16.2. The number of halogens is 6. The number of aromatic hydroxyl groups is 4. The number of phenols is 4. The van der Waals surface area contributed by atoms with Crippen molar-refractivity contribution in [1.82, 2.24) is 0 Å². The molecule has 10 aromatic carbocycles. The zero-order chi connectivity index (χ0) is 74.5. The van der Waals surface area contributed by atoms with Gasteiger partial charge in [-0.2, -0.15) is 0 Å². The van der Waals surface area contributed by atoms with E-state index in [9.17, 15) is 33.6 Å². The van der Waals surface area contributed by atoms with Gasteiger partial charge in [0.05, 0.1) is 26.4 Å². The van der Waals surface area contributed by atoms with Crippen molar-refractivity contribution >= 4 is 91.8 Å². The van der Waals surface area contributed by atoms with Gasteiger partial charge in [0.25, 0.3) is 20.1 Å². The fourth-order valence-corrected chi connectivity index (χ4v) is 14.1. The lowest BCUT2D eigenvalue weighted by Gasteiger charge is -2.37. The second kappa shape index (κ2) is 35.0. The quantitative estimate of drug-likeness (QED) is 0.0596. The van der Waals surface area contributed by atoms with Crippen molar-refractivity contribution < 1.29 is 98.9 Å². The molecule has 10 aromatic rings. The molecule has 4 fully saturated rings. The van der Waals surface area contributed by atoms with E-state index in [1.54, 1.807) is 30.3 Å². The number of hydrogen-bond donors (Lipinski definition) is 4. The fourth-order valence-electron chi connectivity index (χ4n) is 14.1. The normalized spacial score (nSPS) is 17.5. The van der Waals surface area contributed by atoms with Crippen LogP contribution in [0, 0.1) is 34.9 Å². The highest BCUT2D eigenvalue weighted by molar-refractivity contribution is 7.17. The van der Waals surface area contributed by atoms with Crippen LogP contribution in [0.25, 0.3) is 0 Å². The van der Waals surface area contributed by atoms with Crippen molar-refractivity contribution in [2.24, 2.45) is 0 Å². The Morgan fingerprint density at radius 1 is 0.336 bits per heavy atom. The smallest absolute Gasteiger partial charge is 0.270 e. The molecule has 0 aromatic heterocycles. The molecule has 5 radical (unpaired) electrons. The van der Waals surface area contributed by atoms with E-state index in [1.807, 2.05) is 54.6 Å². The van der Waals surface area contributed by atoms with Crippen molar-refractivity contribution in [2.45, 2.75) is 102 Å². The number of rotatable bonds is 14. The third-order valence-corrected chi connectivity index (χ3v) is 18.9. The summed E-state index contributed by atoms with van der Waals surface area (Å²) in [5, 5.41) is 40.6. The highest BCUT2D eigenvalue weighted by Crippen LogP contribution is 2.41. The molecule has 17 rings (SSSR count). The minimum atomic E-state index is -1.47. The first-order valence-corrected chi connectivity index (χ1v) is 35.5. The van der Waals surface area contributed by atoms with Crippen LogP contribution < -0.4 is 82.3 Å². The van der Waals surface area contributed by atoms with Crippen LogP contribution in [0.4, 0.5) is 26.3 Å². The summed E-state index contributed by atoms with van der Waals surface area (Å²) in [5.41, 5.74) is 2.19. The van der Waals surface area contributed by atoms with Gasteiger partial charge in [-0.15, -0.1) is 0 Å². The predicted molar refractivity (Wildman–Crippen MR) is 399 cm³/mol. The van der Waals surface area contributed by atoms with E-state index in [2.05, 4.69) is 15.5 Å². The van der Waals surface area contributed by atoms with Crippen LogP contribution in [-0.4, -0.2) is 115 Å². The molecule has 541 valence electrons. The Labute approximate surface area is 619 Å². The molecule has 0 bridgehead atoms. The van der Waals surface area contributed by atoms with Crippen molar-refractivity contribution in [3.63, 3.8) is 0 Å². The molecule has 0 spiro atoms. The van der Waals surface area contributed by atoms with E-state index in [-0.39, 0.29) is 68.8 Å². The largest absolute Gasteiger partial charge is 0.508 e. The molecular formula is C80H71B6F6O15. The topological polar surface area (TPSA) is 182 Å². The molecule has 0 saturated carbocycles.